The van der Waals surface area contributed by atoms with E-state index in [9.17, 15) is 0 Å². The summed E-state index contributed by atoms with van der Waals surface area (Å²) in [6.07, 6.45) is 0.350. The fraction of sp³-hybridized carbons (Fsp3) is 0.111. The van der Waals surface area contributed by atoms with E-state index in [4.69, 9.17) is 10.5 Å². The van der Waals surface area contributed by atoms with Crippen molar-refractivity contribution < 1.29 is 0 Å². The molecule has 1 rings (SSSR count). The van der Waals surface area contributed by atoms with Crippen molar-refractivity contribution in [2.24, 2.45) is 0 Å². The first kappa shape index (κ1) is 10.2. The Labute approximate surface area is 93.0 Å². The zero-order chi connectivity index (χ0) is 9.84. The third-order valence-electron chi connectivity index (χ3n) is 1.50. The van der Waals surface area contributed by atoms with Crippen molar-refractivity contribution in [3.63, 3.8) is 0 Å². The van der Waals surface area contributed by atoms with E-state index >= 15 is 0 Å². The minimum Gasteiger partial charge on any atom is -0.198 e. The molecule has 0 aromatic heterocycles. The topological polar surface area (TPSA) is 47.6 Å². The Hall–Kier alpha value is -0.840. The van der Waals surface area contributed by atoms with Crippen LogP contribution in [0.2, 0.25) is 0 Å². The molecule has 0 aliphatic carbocycles. The van der Waals surface area contributed by atoms with Crippen LogP contribution in [0, 0.1) is 22.7 Å². The first-order valence-electron chi connectivity index (χ1n) is 3.44. The number of nitriles is 2. The molecule has 0 amide bonds. The standard InChI is InChI=1S/C9H4Br2N2/c10-8-3-6(1-2-12)4-9(11)7(8)5-13/h3-4H,1H2. The zero-order valence-electron chi connectivity index (χ0n) is 6.51. The Morgan fingerprint density at radius 1 is 1.15 bits per heavy atom. The summed E-state index contributed by atoms with van der Waals surface area (Å²) in [5.41, 5.74) is 1.45. The summed E-state index contributed by atoms with van der Waals surface area (Å²) in [5, 5.41) is 17.2. The van der Waals surface area contributed by atoms with Gasteiger partial charge in [0.05, 0.1) is 18.1 Å². The molecule has 0 unspecified atom stereocenters. The first-order valence-corrected chi connectivity index (χ1v) is 5.02. The Bertz CT molecular complexity index is 390. The van der Waals surface area contributed by atoms with Gasteiger partial charge in [0.25, 0.3) is 0 Å². The van der Waals surface area contributed by atoms with Gasteiger partial charge in [-0.2, -0.15) is 10.5 Å². The lowest BCUT2D eigenvalue weighted by atomic mass is 10.1. The van der Waals surface area contributed by atoms with Crippen LogP contribution in [0.1, 0.15) is 11.1 Å². The van der Waals surface area contributed by atoms with E-state index < -0.39 is 0 Å². The van der Waals surface area contributed by atoms with Gasteiger partial charge in [-0.05, 0) is 49.6 Å². The predicted octanol–water partition coefficient (Wildman–Crippen LogP) is 3.15. The molecule has 0 N–H and O–H groups in total. The van der Waals surface area contributed by atoms with Crippen LogP contribution in [0.25, 0.3) is 0 Å². The van der Waals surface area contributed by atoms with E-state index in [-0.39, 0.29) is 0 Å². The average Bonchev–Trinajstić information content (AvgIpc) is 2.04. The Morgan fingerprint density at radius 2 is 1.69 bits per heavy atom. The van der Waals surface area contributed by atoms with Crippen molar-refractivity contribution in [3.8, 4) is 12.1 Å². The van der Waals surface area contributed by atoms with E-state index in [1.807, 2.05) is 0 Å². The third-order valence-corrected chi connectivity index (χ3v) is 2.75. The van der Waals surface area contributed by atoms with Crippen molar-refractivity contribution in [3.05, 3.63) is 32.2 Å². The number of halogens is 2. The Morgan fingerprint density at radius 3 is 2.08 bits per heavy atom. The average molecular weight is 300 g/mol. The van der Waals surface area contributed by atoms with Gasteiger partial charge in [-0.15, -0.1) is 0 Å². The zero-order valence-corrected chi connectivity index (χ0v) is 9.68. The lowest BCUT2D eigenvalue weighted by molar-refractivity contribution is 1.24. The van der Waals surface area contributed by atoms with Crippen LogP contribution in [0.15, 0.2) is 21.1 Å². The van der Waals surface area contributed by atoms with E-state index in [0.29, 0.717) is 12.0 Å². The maximum absolute atomic E-state index is 8.75. The number of benzene rings is 1. The highest BCUT2D eigenvalue weighted by Crippen LogP contribution is 2.26. The molecular formula is C9H4Br2N2. The molecule has 0 atom stereocenters. The van der Waals surface area contributed by atoms with Crippen LogP contribution >= 0.6 is 31.9 Å². The molecule has 0 radical (unpaired) electrons. The molecule has 13 heavy (non-hydrogen) atoms. The van der Waals surface area contributed by atoms with Crippen LogP contribution in [-0.2, 0) is 6.42 Å². The Balaban J connectivity index is 3.24. The second-order valence-corrected chi connectivity index (χ2v) is 4.09. The van der Waals surface area contributed by atoms with Gasteiger partial charge in [0, 0.05) is 8.95 Å². The summed E-state index contributed by atoms with van der Waals surface area (Å²) < 4.78 is 1.43. The SMILES string of the molecule is N#CCc1cc(Br)c(C#N)c(Br)c1. The maximum Gasteiger partial charge on any atom is 0.102 e. The van der Waals surface area contributed by atoms with Gasteiger partial charge >= 0.3 is 0 Å². The molecule has 0 bridgehead atoms. The molecule has 2 nitrogen and oxygen atoms in total. The van der Waals surface area contributed by atoms with Gasteiger partial charge in [0.1, 0.15) is 6.07 Å². The quantitative estimate of drug-likeness (QED) is 0.800. The van der Waals surface area contributed by atoms with Gasteiger partial charge in [-0.1, -0.05) is 0 Å². The van der Waals surface area contributed by atoms with Gasteiger partial charge in [-0.3, -0.25) is 0 Å². The van der Waals surface area contributed by atoms with Crippen LogP contribution in [0.3, 0.4) is 0 Å². The minimum absolute atomic E-state index is 0.350. The summed E-state index contributed by atoms with van der Waals surface area (Å²) in [7, 11) is 0. The van der Waals surface area contributed by atoms with E-state index in [0.717, 1.165) is 14.5 Å². The van der Waals surface area contributed by atoms with Crippen molar-refractivity contribution >= 4 is 31.9 Å². The monoisotopic (exact) mass is 298 g/mol. The van der Waals surface area contributed by atoms with E-state index in [1.165, 1.54) is 0 Å². The number of hydrogen-bond donors (Lipinski definition) is 0. The van der Waals surface area contributed by atoms with Gasteiger partial charge in [0.2, 0.25) is 0 Å². The molecule has 1 aromatic rings. The van der Waals surface area contributed by atoms with Gasteiger partial charge in [0.15, 0.2) is 0 Å². The van der Waals surface area contributed by atoms with Crippen molar-refractivity contribution in [1.82, 2.24) is 0 Å². The molecule has 0 fully saturated rings. The van der Waals surface area contributed by atoms with Crippen molar-refractivity contribution in [2.45, 2.75) is 6.42 Å². The van der Waals surface area contributed by atoms with Gasteiger partial charge in [-0.25, -0.2) is 0 Å². The first-order chi connectivity index (χ1) is 6.19. The summed E-state index contributed by atoms with van der Waals surface area (Å²) in [6.45, 7) is 0. The number of hydrogen-bond acceptors (Lipinski definition) is 2. The van der Waals surface area contributed by atoms with Crippen LogP contribution in [0.4, 0.5) is 0 Å². The third kappa shape index (κ3) is 2.30. The second-order valence-electron chi connectivity index (χ2n) is 2.38. The van der Waals surface area contributed by atoms with Crippen molar-refractivity contribution in [2.75, 3.05) is 0 Å². The van der Waals surface area contributed by atoms with E-state index in [2.05, 4.69) is 44.0 Å². The molecule has 0 saturated carbocycles. The summed E-state index contributed by atoms with van der Waals surface area (Å²) in [6, 6.07) is 7.68. The molecular weight excluding hydrogens is 296 g/mol. The lowest BCUT2D eigenvalue weighted by Crippen LogP contribution is -1.86. The van der Waals surface area contributed by atoms with Crippen LogP contribution in [-0.4, -0.2) is 0 Å². The second kappa shape index (κ2) is 4.41. The lowest BCUT2D eigenvalue weighted by Gasteiger charge is -2.01. The smallest absolute Gasteiger partial charge is 0.102 e. The molecule has 1 aromatic carbocycles. The fourth-order valence-corrected chi connectivity index (χ4v) is 2.38. The number of rotatable bonds is 1. The molecule has 0 saturated heterocycles. The summed E-state index contributed by atoms with van der Waals surface area (Å²) in [5.74, 6) is 0. The molecule has 0 aliphatic rings. The van der Waals surface area contributed by atoms with Crippen LogP contribution in [0.5, 0.6) is 0 Å². The molecule has 0 heterocycles. The minimum atomic E-state index is 0.350. The normalized spacial score (nSPS) is 8.92. The maximum atomic E-state index is 8.75. The highest BCUT2D eigenvalue weighted by Gasteiger charge is 2.06. The molecule has 0 spiro atoms. The molecule has 0 aliphatic heterocycles. The highest BCUT2D eigenvalue weighted by atomic mass is 79.9. The predicted molar refractivity (Wildman–Crippen MR) is 55.9 cm³/mol. The highest BCUT2D eigenvalue weighted by molar-refractivity contribution is 9.11. The summed E-state index contributed by atoms with van der Waals surface area (Å²) >= 11 is 6.53. The summed E-state index contributed by atoms with van der Waals surface area (Å²) in [4.78, 5) is 0. The van der Waals surface area contributed by atoms with Crippen LogP contribution < -0.4 is 0 Å². The van der Waals surface area contributed by atoms with Gasteiger partial charge < -0.3 is 0 Å². The van der Waals surface area contributed by atoms with Crippen molar-refractivity contribution in [1.29, 1.82) is 10.5 Å². The number of nitrogens with zero attached hydrogens (tertiary/aromatic N) is 2. The fourth-order valence-electron chi connectivity index (χ4n) is 0.926. The largest absolute Gasteiger partial charge is 0.198 e. The Kier molecular flexibility index (Phi) is 3.48. The molecule has 4 heteroatoms. The van der Waals surface area contributed by atoms with E-state index in [1.54, 1.807) is 12.1 Å². The molecule has 64 valence electrons.